The number of fused-ring (bicyclic) bond motifs is 12. The van der Waals surface area contributed by atoms with E-state index in [1.165, 1.54) is 87.3 Å². The summed E-state index contributed by atoms with van der Waals surface area (Å²) in [5, 5.41) is 12.8. The largest absolute Gasteiger partial charge is 0.454 e. The van der Waals surface area contributed by atoms with Crippen molar-refractivity contribution in [2.75, 3.05) is 9.80 Å². The molecule has 13 aromatic rings. The SMILES string of the molecule is CC1(C)c2ccccc2-c2ccc(N(c3ccccc3)c3cc4c5cccc6c5c(cc4c4ccccc34)-c3ccc(N(c4ccccc4-c4ccccc4)c4cccc5c4oc4ccccc45)cc3[Si]6(C)C)cc21. The molecule has 0 unspecified atom stereocenters. The fourth-order valence-electron chi connectivity index (χ4n) is 13.2. The first-order valence-corrected chi connectivity index (χ1v) is 29.2. The van der Waals surface area contributed by atoms with Crippen LogP contribution in [0.25, 0.3) is 87.6 Å². The third kappa shape index (κ3) is 6.39. The highest BCUT2D eigenvalue weighted by Crippen LogP contribution is 2.53. The molecule has 12 aromatic carbocycles. The molecule has 1 aliphatic carbocycles. The van der Waals surface area contributed by atoms with Crippen LogP contribution in [0.15, 0.2) is 247 Å². The molecule has 0 N–H and O–H groups in total. The zero-order valence-corrected chi connectivity index (χ0v) is 43.4. The molecule has 2 aliphatic rings. The lowest BCUT2D eigenvalue weighted by Crippen LogP contribution is -2.56. The third-order valence-electron chi connectivity index (χ3n) is 16.8. The van der Waals surface area contributed by atoms with E-state index < -0.39 is 8.07 Å². The molecule has 0 spiro atoms. The van der Waals surface area contributed by atoms with Gasteiger partial charge in [0.25, 0.3) is 0 Å². The van der Waals surface area contributed by atoms with Gasteiger partial charge in [-0.25, -0.2) is 0 Å². The Morgan fingerprint density at radius 1 is 0.347 bits per heavy atom. The number of benzene rings is 12. The van der Waals surface area contributed by atoms with Crippen molar-refractivity contribution in [2.45, 2.75) is 32.4 Å². The fraction of sp³-hybridized carbons (Fsp3) is 0.0704. The molecule has 0 amide bonds. The van der Waals surface area contributed by atoms with Crippen LogP contribution in [-0.2, 0) is 5.41 Å². The van der Waals surface area contributed by atoms with E-state index in [1.807, 2.05) is 0 Å². The molecule has 4 heteroatoms. The number of hydrogen-bond donors (Lipinski definition) is 0. The van der Waals surface area contributed by atoms with Gasteiger partial charge in [0.2, 0.25) is 0 Å². The average molecular weight is 977 g/mol. The smallest absolute Gasteiger partial charge is 0.159 e. The second-order valence-electron chi connectivity index (χ2n) is 21.6. The maximum absolute atomic E-state index is 6.84. The zero-order chi connectivity index (χ0) is 50.2. The normalized spacial score (nSPS) is 13.8. The van der Waals surface area contributed by atoms with Crippen LogP contribution in [0.3, 0.4) is 0 Å². The van der Waals surface area contributed by atoms with Gasteiger partial charge in [-0.15, -0.1) is 0 Å². The van der Waals surface area contributed by atoms with Gasteiger partial charge in [0.05, 0.1) is 17.1 Å². The van der Waals surface area contributed by atoms with E-state index >= 15 is 0 Å². The summed E-state index contributed by atoms with van der Waals surface area (Å²) >= 11 is 0. The summed E-state index contributed by atoms with van der Waals surface area (Å²) in [6.07, 6.45) is 0. The van der Waals surface area contributed by atoms with E-state index in [-0.39, 0.29) is 5.41 Å². The molecule has 0 saturated carbocycles. The van der Waals surface area contributed by atoms with Gasteiger partial charge in [-0.2, -0.15) is 0 Å². The van der Waals surface area contributed by atoms with Gasteiger partial charge in [-0.1, -0.05) is 203 Å². The summed E-state index contributed by atoms with van der Waals surface area (Å²) < 4.78 is 6.84. The van der Waals surface area contributed by atoms with E-state index in [4.69, 9.17) is 4.42 Å². The van der Waals surface area contributed by atoms with Gasteiger partial charge in [-0.05, 0) is 143 Å². The lowest BCUT2D eigenvalue weighted by Gasteiger charge is -2.36. The Labute approximate surface area is 438 Å². The third-order valence-corrected chi connectivity index (χ3v) is 20.3. The quantitative estimate of drug-likeness (QED) is 0.117. The molecule has 356 valence electrons. The van der Waals surface area contributed by atoms with Gasteiger partial charge in [0, 0.05) is 44.2 Å². The van der Waals surface area contributed by atoms with Crippen LogP contribution in [0.1, 0.15) is 25.0 Å². The Morgan fingerprint density at radius 3 is 1.77 bits per heavy atom. The van der Waals surface area contributed by atoms with E-state index in [9.17, 15) is 0 Å². The predicted octanol–water partition coefficient (Wildman–Crippen LogP) is 18.8. The predicted molar refractivity (Wildman–Crippen MR) is 321 cm³/mol. The molecule has 0 radical (unpaired) electrons. The van der Waals surface area contributed by atoms with Gasteiger partial charge in [0.1, 0.15) is 13.7 Å². The number of anilines is 6. The summed E-state index contributed by atoms with van der Waals surface area (Å²) in [5.41, 5.74) is 18.7. The molecule has 2 heterocycles. The van der Waals surface area contributed by atoms with Crippen molar-refractivity contribution < 1.29 is 4.42 Å². The van der Waals surface area contributed by atoms with Gasteiger partial charge >= 0.3 is 0 Å². The van der Waals surface area contributed by atoms with E-state index in [0.717, 1.165) is 55.9 Å². The summed E-state index contributed by atoms with van der Waals surface area (Å²) in [4.78, 5) is 4.95. The molecule has 75 heavy (non-hydrogen) atoms. The molecule has 1 aliphatic heterocycles. The van der Waals surface area contributed by atoms with Crippen molar-refractivity contribution >= 4 is 107 Å². The highest BCUT2D eigenvalue weighted by Gasteiger charge is 2.38. The molecule has 0 saturated heterocycles. The Hall–Kier alpha value is -8.96. The highest BCUT2D eigenvalue weighted by atomic mass is 28.3. The number of para-hydroxylation sites is 4. The Bertz CT molecular complexity index is 4490. The first-order chi connectivity index (χ1) is 36.7. The standard InChI is InChI=1S/C71H52N2OSi/c1-71(2)61-32-16-13-27-51(61)52-39-37-47(41-62(52)71)72(46-23-9-6-10-24-46)65-44-59-56-30-20-36-67-69(56)60(43-58(59)50-26-11-12-28-53(50)65)55-40-38-48(42-68(55)75(67,3)4)73(63-33-17-14-25-49(63)45-21-7-5-8-22-45)64-34-19-31-57-54-29-15-18-35-66(54)74-70(57)64/h5-44H,1-4H3. The summed E-state index contributed by atoms with van der Waals surface area (Å²) in [6, 6.07) is 90.1. The van der Waals surface area contributed by atoms with Gasteiger partial charge in [0.15, 0.2) is 5.58 Å². The minimum atomic E-state index is -2.39. The second-order valence-corrected chi connectivity index (χ2v) is 25.9. The lowest BCUT2D eigenvalue weighted by molar-refractivity contribution is 0.660. The van der Waals surface area contributed by atoms with E-state index in [0.29, 0.717) is 0 Å². The van der Waals surface area contributed by atoms with Crippen LogP contribution in [0.4, 0.5) is 34.1 Å². The lowest BCUT2D eigenvalue weighted by atomic mass is 9.82. The minimum absolute atomic E-state index is 0.131. The molecule has 0 atom stereocenters. The van der Waals surface area contributed by atoms with Crippen molar-refractivity contribution in [2.24, 2.45) is 0 Å². The highest BCUT2D eigenvalue weighted by molar-refractivity contribution is 7.03. The maximum atomic E-state index is 6.84. The maximum Gasteiger partial charge on any atom is 0.159 e. The molecule has 1 aromatic heterocycles. The summed E-state index contributed by atoms with van der Waals surface area (Å²) in [6.45, 7) is 9.85. The number of furan rings is 1. The van der Waals surface area contributed by atoms with Crippen LogP contribution < -0.4 is 20.2 Å². The van der Waals surface area contributed by atoms with Gasteiger partial charge in [-0.3, -0.25) is 0 Å². The van der Waals surface area contributed by atoms with Crippen molar-refractivity contribution in [1.29, 1.82) is 0 Å². The average Bonchev–Trinajstić information content (AvgIpc) is 3.95. The Morgan fingerprint density at radius 2 is 0.947 bits per heavy atom. The summed E-state index contributed by atoms with van der Waals surface area (Å²) in [5.74, 6) is 0. The Balaban J connectivity index is 0.952. The fourth-order valence-corrected chi connectivity index (χ4v) is 16.3. The first kappa shape index (κ1) is 43.6. The van der Waals surface area contributed by atoms with Gasteiger partial charge < -0.3 is 14.2 Å². The van der Waals surface area contributed by atoms with Crippen molar-refractivity contribution in [3.05, 3.63) is 254 Å². The van der Waals surface area contributed by atoms with Crippen LogP contribution in [0.5, 0.6) is 0 Å². The molecule has 0 fully saturated rings. The number of rotatable bonds is 7. The number of hydrogen-bond acceptors (Lipinski definition) is 3. The van der Waals surface area contributed by atoms with Crippen LogP contribution >= 0.6 is 0 Å². The molecular formula is C71H52N2OSi. The van der Waals surface area contributed by atoms with Crippen LogP contribution in [-0.4, -0.2) is 8.07 Å². The topological polar surface area (TPSA) is 19.6 Å². The van der Waals surface area contributed by atoms with E-state index in [2.05, 4.69) is 279 Å². The first-order valence-electron chi connectivity index (χ1n) is 26.2. The second kappa shape index (κ2) is 16.3. The molecule has 15 rings (SSSR count). The van der Waals surface area contributed by atoms with E-state index in [1.54, 1.807) is 0 Å². The monoisotopic (exact) mass is 976 g/mol. The molecular weight excluding hydrogens is 925 g/mol. The van der Waals surface area contributed by atoms with Crippen LogP contribution in [0.2, 0.25) is 13.1 Å². The minimum Gasteiger partial charge on any atom is -0.454 e. The zero-order valence-electron chi connectivity index (χ0n) is 42.4. The van der Waals surface area contributed by atoms with Crippen molar-refractivity contribution in [1.82, 2.24) is 0 Å². The Kier molecular flexibility index (Phi) is 9.46. The number of nitrogens with zero attached hydrogens (tertiary/aromatic N) is 2. The van der Waals surface area contributed by atoms with Crippen molar-refractivity contribution in [3.63, 3.8) is 0 Å². The summed E-state index contributed by atoms with van der Waals surface area (Å²) in [7, 11) is -2.39. The van der Waals surface area contributed by atoms with Crippen molar-refractivity contribution in [3.8, 4) is 33.4 Å². The van der Waals surface area contributed by atoms with Crippen LogP contribution in [0, 0.1) is 0 Å². The molecule has 0 bridgehead atoms. The molecule has 3 nitrogen and oxygen atoms in total.